The molecule has 2 N–H and O–H groups in total. The fraction of sp³-hybridized carbons (Fsp3) is 0.278. The van der Waals surface area contributed by atoms with Crippen LogP contribution in [0.25, 0.3) is 0 Å². The third-order valence-corrected chi connectivity index (χ3v) is 3.96. The van der Waals surface area contributed by atoms with E-state index in [2.05, 4.69) is 48.7 Å². The van der Waals surface area contributed by atoms with Crippen LogP contribution in [0, 0.1) is 13.8 Å². The summed E-state index contributed by atoms with van der Waals surface area (Å²) in [5.74, 6) is 0. The van der Waals surface area contributed by atoms with Crippen LogP contribution in [-0.2, 0) is 6.42 Å². The number of rotatable bonds is 5. The number of thiocarbonyl (C=S) groups is 1. The van der Waals surface area contributed by atoms with E-state index in [1.807, 2.05) is 18.2 Å². The second-order valence-electron chi connectivity index (χ2n) is 5.45. The number of aryl methyl sites for hydroxylation is 3. The highest BCUT2D eigenvalue weighted by Gasteiger charge is 2.01. The molecule has 0 aliphatic heterocycles. The Labute approximate surface area is 142 Å². The van der Waals surface area contributed by atoms with Crippen molar-refractivity contribution >= 4 is 34.6 Å². The minimum atomic E-state index is 0.657. The molecular weight excluding hydrogens is 312 g/mol. The summed E-state index contributed by atoms with van der Waals surface area (Å²) in [4.78, 5) is 0. The molecule has 4 heteroatoms. The van der Waals surface area contributed by atoms with Crippen LogP contribution in [0.3, 0.4) is 0 Å². The minimum absolute atomic E-state index is 0.657. The van der Waals surface area contributed by atoms with E-state index >= 15 is 0 Å². The molecule has 2 nitrogen and oxygen atoms in total. The van der Waals surface area contributed by atoms with Gasteiger partial charge >= 0.3 is 0 Å². The van der Waals surface area contributed by atoms with E-state index in [0.717, 1.165) is 30.1 Å². The first kappa shape index (κ1) is 16.8. The van der Waals surface area contributed by atoms with E-state index in [1.54, 1.807) is 0 Å². The lowest BCUT2D eigenvalue weighted by Crippen LogP contribution is -2.29. The lowest BCUT2D eigenvalue weighted by molar-refractivity contribution is 0.777. The number of anilines is 1. The summed E-state index contributed by atoms with van der Waals surface area (Å²) in [6.07, 6.45) is 1.93. The second-order valence-corrected chi connectivity index (χ2v) is 6.27. The molecule has 0 saturated carbocycles. The van der Waals surface area contributed by atoms with Gasteiger partial charge in [0.1, 0.15) is 0 Å². The Morgan fingerprint density at radius 3 is 2.45 bits per heavy atom. The molecule has 0 radical (unpaired) electrons. The Morgan fingerprint density at radius 2 is 1.77 bits per heavy atom. The van der Waals surface area contributed by atoms with Gasteiger partial charge < -0.3 is 10.6 Å². The monoisotopic (exact) mass is 332 g/mol. The van der Waals surface area contributed by atoms with Crippen molar-refractivity contribution in [3.8, 4) is 0 Å². The largest absolute Gasteiger partial charge is 0.362 e. The highest BCUT2D eigenvalue weighted by Crippen LogP contribution is 2.16. The van der Waals surface area contributed by atoms with Gasteiger partial charge in [-0.2, -0.15) is 0 Å². The molecule has 0 bridgehead atoms. The van der Waals surface area contributed by atoms with E-state index in [4.69, 9.17) is 23.8 Å². The summed E-state index contributed by atoms with van der Waals surface area (Å²) in [7, 11) is 0. The number of benzene rings is 2. The molecule has 0 fully saturated rings. The number of nitrogens with one attached hydrogen (secondary N) is 2. The SMILES string of the molecule is Cc1cc(C)cc(NC(=S)NCCCc2ccccc2Cl)c1. The maximum absolute atomic E-state index is 6.14. The second kappa shape index (κ2) is 8.16. The van der Waals surface area contributed by atoms with E-state index in [0.29, 0.717) is 5.11 Å². The number of hydrogen-bond acceptors (Lipinski definition) is 1. The topological polar surface area (TPSA) is 24.1 Å². The third kappa shape index (κ3) is 5.32. The Morgan fingerprint density at radius 1 is 1.09 bits per heavy atom. The molecule has 22 heavy (non-hydrogen) atoms. The highest BCUT2D eigenvalue weighted by atomic mass is 35.5. The van der Waals surface area contributed by atoms with Gasteiger partial charge in [-0.25, -0.2) is 0 Å². The zero-order valence-corrected chi connectivity index (χ0v) is 14.5. The molecule has 0 atom stereocenters. The van der Waals surface area contributed by atoms with Crippen LogP contribution in [0.15, 0.2) is 42.5 Å². The van der Waals surface area contributed by atoms with Gasteiger partial charge in [0.05, 0.1) is 0 Å². The van der Waals surface area contributed by atoms with Crippen LogP contribution in [0.1, 0.15) is 23.1 Å². The molecular formula is C18H21ClN2S. The van der Waals surface area contributed by atoms with Crippen molar-refractivity contribution in [3.05, 3.63) is 64.2 Å². The van der Waals surface area contributed by atoms with E-state index < -0.39 is 0 Å². The molecule has 0 spiro atoms. The van der Waals surface area contributed by atoms with Gasteiger partial charge in [0.25, 0.3) is 0 Å². The van der Waals surface area contributed by atoms with Gasteiger partial charge in [-0.05, 0) is 73.8 Å². The van der Waals surface area contributed by atoms with E-state index in [-0.39, 0.29) is 0 Å². The summed E-state index contributed by atoms with van der Waals surface area (Å²) in [6, 6.07) is 14.3. The Balaban J connectivity index is 1.75. The van der Waals surface area contributed by atoms with Crippen LogP contribution in [0.2, 0.25) is 5.02 Å². The first-order chi connectivity index (χ1) is 10.5. The van der Waals surface area contributed by atoms with Crippen molar-refractivity contribution in [2.75, 3.05) is 11.9 Å². The van der Waals surface area contributed by atoms with Crippen LogP contribution in [0.5, 0.6) is 0 Å². The molecule has 0 unspecified atom stereocenters. The standard InChI is InChI=1S/C18H21ClN2S/c1-13-10-14(2)12-16(11-13)21-18(22)20-9-5-7-15-6-3-4-8-17(15)19/h3-4,6,8,10-12H,5,7,9H2,1-2H3,(H2,20,21,22). The maximum atomic E-state index is 6.14. The van der Waals surface area contributed by atoms with Gasteiger partial charge in [0.2, 0.25) is 0 Å². The van der Waals surface area contributed by atoms with Crippen LogP contribution < -0.4 is 10.6 Å². The predicted molar refractivity (Wildman–Crippen MR) is 99.9 cm³/mol. The average molecular weight is 333 g/mol. The molecule has 2 aromatic carbocycles. The summed E-state index contributed by atoms with van der Waals surface area (Å²) < 4.78 is 0. The summed E-state index contributed by atoms with van der Waals surface area (Å²) >= 11 is 11.5. The van der Waals surface area contributed by atoms with Crippen LogP contribution in [0.4, 0.5) is 5.69 Å². The molecule has 116 valence electrons. The van der Waals surface area contributed by atoms with Crippen molar-refractivity contribution in [1.82, 2.24) is 5.32 Å². The zero-order chi connectivity index (χ0) is 15.9. The third-order valence-electron chi connectivity index (χ3n) is 3.35. The first-order valence-electron chi connectivity index (χ1n) is 7.41. The average Bonchev–Trinajstić information content (AvgIpc) is 2.44. The normalized spacial score (nSPS) is 10.3. The first-order valence-corrected chi connectivity index (χ1v) is 8.20. The maximum Gasteiger partial charge on any atom is 0.170 e. The summed E-state index contributed by atoms with van der Waals surface area (Å²) in [5.41, 5.74) is 4.66. The molecule has 0 amide bonds. The lowest BCUT2D eigenvalue weighted by atomic mass is 10.1. The highest BCUT2D eigenvalue weighted by molar-refractivity contribution is 7.80. The molecule has 2 aromatic rings. The summed E-state index contributed by atoms with van der Waals surface area (Å²) in [6.45, 7) is 4.98. The smallest absolute Gasteiger partial charge is 0.170 e. The molecule has 2 rings (SSSR count). The number of halogens is 1. The van der Waals surface area contributed by atoms with Crippen molar-refractivity contribution in [3.63, 3.8) is 0 Å². The minimum Gasteiger partial charge on any atom is -0.362 e. The van der Waals surface area contributed by atoms with Crippen molar-refractivity contribution < 1.29 is 0 Å². The van der Waals surface area contributed by atoms with E-state index in [1.165, 1.54) is 16.7 Å². The number of hydrogen-bond donors (Lipinski definition) is 2. The molecule has 0 aliphatic carbocycles. The van der Waals surface area contributed by atoms with Gasteiger partial charge in [-0.1, -0.05) is 35.9 Å². The van der Waals surface area contributed by atoms with Gasteiger partial charge in [-0.3, -0.25) is 0 Å². The zero-order valence-electron chi connectivity index (χ0n) is 12.9. The molecule has 0 aliphatic rings. The molecule has 0 heterocycles. The quantitative estimate of drug-likeness (QED) is 0.603. The summed E-state index contributed by atoms with van der Waals surface area (Å²) in [5, 5.41) is 7.95. The Hall–Kier alpha value is -1.58. The van der Waals surface area contributed by atoms with Gasteiger partial charge in [0, 0.05) is 17.3 Å². The van der Waals surface area contributed by atoms with Gasteiger partial charge in [-0.15, -0.1) is 0 Å². The predicted octanol–water partition coefficient (Wildman–Crippen LogP) is 4.88. The van der Waals surface area contributed by atoms with E-state index in [9.17, 15) is 0 Å². The fourth-order valence-electron chi connectivity index (χ4n) is 2.40. The van der Waals surface area contributed by atoms with Crippen molar-refractivity contribution in [2.45, 2.75) is 26.7 Å². The van der Waals surface area contributed by atoms with Crippen molar-refractivity contribution in [2.24, 2.45) is 0 Å². The fourth-order valence-corrected chi connectivity index (χ4v) is 2.85. The van der Waals surface area contributed by atoms with Crippen LogP contribution >= 0.6 is 23.8 Å². The molecule has 0 aromatic heterocycles. The molecule has 0 saturated heterocycles. The Bertz CT molecular complexity index is 635. The van der Waals surface area contributed by atoms with Crippen LogP contribution in [-0.4, -0.2) is 11.7 Å². The lowest BCUT2D eigenvalue weighted by Gasteiger charge is -2.12. The Kier molecular flexibility index (Phi) is 6.22. The van der Waals surface area contributed by atoms with Crippen molar-refractivity contribution in [1.29, 1.82) is 0 Å². The van der Waals surface area contributed by atoms with Gasteiger partial charge in [0.15, 0.2) is 5.11 Å².